The van der Waals surface area contributed by atoms with Gasteiger partial charge in [-0.2, -0.15) is 5.10 Å². The first kappa shape index (κ1) is 12.4. The summed E-state index contributed by atoms with van der Waals surface area (Å²) in [7, 11) is 3.21. The molecule has 2 aromatic rings. The van der Waals surface area contributed by atoms with Crippen molar-refractivity contribution in [2.24, 2.45) is 0 Å². The van der Waals surface area contributed by atoms with Gasteiger partial charge in [0.25, 0.3) is 0 Å². The van der Waals surface area contributed by atoms with Crippen molar-refractivity contribution >= 4 is 0 Å². The topological polar surface area (TPSA) is 56.5 Å². The molecule has 0 aliphatic heterocycles. The smallest absolute Gasteiger partial charge is 0.217 e. The van der Waals surface area contributed by atoms with Crippen molar-refractivity contribution in [1.82, 2.24) is 9.78 Å². The van der Waals surface area contributed by atoms with Gasteiger partial charge in [-0.1, -0.05) is 12.1 Å². The lowest BCUT2D eigenvalue weighted by atomic mass is 10.2. The maximum absolute atomic E-state index is 9.15. The first-order valence-corrected chi connectivity index (χ1v) is 5.61. The molecule has 0 amide bonds. The molecule has 0 saturated heterocycles. The lowest BCUT2D eigenvalue weighted by molar-refractivity contribution is 0.270. The number of methoxy groups -OCH3 is 2. The van der Waals surface area contributed by atoms with E-state index >= 15 is 0 Å². The molecule has 96 valence electrons. The van der Waals surface area contributed by atoms with Crippen LogP contribution in [0.15, 0.2) is 30.5 Å². The van der Waals surface area contributed by atoms with Crippen molar-refractivity contribution < 1.29 is 14.6 Å². The van der Waals surface area contributed by atoms with Crippen molar-refractivity contribution in [3.05, 3.63) is 41.6 Å². The van der Waals surface area contributed by atoms with Gasteiger partial charge in [-0.3, -0.25) is 0 Å². The van der Waals surface area contributed by atoms with E-state index in [1.807, 2.05) is 24.3 Å². The van der Waals surface area contributed by atoms with Gasteiger partial charge in [-0.15, -0.1) is 0 Å². The van der Waals surface area contributed by atoms with Crippen LogP contribution in [0.2, 0.25) is 0 Å². The number of aliphatic hydroxyl groups excluding tert-OH is 1. The number of ether oxygens (including phenoxy) is 2. The van der Waals surface area contributed by atoms with Gasteiger partial charge in [0.05, 0.1) is 39.1 Å². The molecule has 18 heavy (non-hydrogen) atoms. The van der Waals surface area contributed by atoms with Crippen LogP contribution in [0.1, 0.15) is 11.1 Å². The third kappa shape index (κ3) is 2.46. The molecule has 5 nitrogen and oxygen atoms in total. The third-order valence-electron chi connectivity index (χ3n) is 2.72. The quantitative estimate of drug-likeness (QED) is 0.870. The van der Waals surface area contributed by atoms with Crippen LogP contribution in [-0.2, 0) is 13.2 Å². The highest BCUT2D eigenvalue weighted by molar-refractivity contribution is 5.29. The van der Waals surface area contributed by atoms with E-state index in [9.17, 15) is 0 Å². The largest absolute Gasteiger partial charge is 0.497 e. The van der Waals surface area contributed by atoms with Crippen molar-refractivity contribution in [3.8, 4) is 11.6 Å². The zero-order valence-corrected chi connectivity index (χ0v) is 10.5. The zero-order chi connectivity index (χ0) is 13.0. The Morgan fingerprint density at radius 2 is 1.89 bits per heavy atom. The fourth-order valence-electron chi connectivity index (χ4n) is 1.77. The van der Waals surface area contributed by atoms with Gasteiger partial charge in [0.1, 0.15) is 5.75 Å². The predicted octanol–water partition coefficient (Wildman–Crippen LogP) is 1.44. The van der Waals surface area contributed by atoms with Crippen LogP contribution < -0.4 is 9.47 Å². The molecule has 1 N–H and O–H groups in total. The normalized spacial score (nSPS) is 10.4. The summed E-state index contributed by atoms with van der Waals surface area (Å²) in [4.78, 5) is 0. The number of aliphatic hydroxyl groups is 1. The van der Waals surface area contributed by atoms with Crippen LogP contribution in [0.4, 0.5) is 0 Å². The molecule has 0 aliphatic rings. The highest BCUT2D eigenvalue weighted by atomic mass is 16.5. The minimum Gasteiger partial charge on any atom is -0.497 e. The van der Waals surface area contributed by atoms with Crippen molar-refractivity contribution in [2.45, 2.75) is 13.2 Å². The second kappa shape index (κ2) is 5.55. The Balaban J connectivity index is 2.19. The average Bonchev–Trinajstić information content (AvgIpc) is 2.81. The number of hydrogen-bond acceptors (Lipinski definition) is 4. The molecule has 0 bridgehead atoms. The van der Waals surface area contributed by atoms with E-state index < -0.39 is 0 Å². The summed E-state index contributed by atoms with van der Waals surface area (Å²) in [6.07, 6.45) is 1.61. The minimum absolute atomic E-state index is 0.0776. The Hall–Kier alpha value is -2.01. The first-order valence-electron chi connectivity index (χ1n) is 5.61. The number of nitrogens with zero attached hydrogens (tertiary/aromatic N) is 2. The summed E-state index contributed by atoms with van der Waals surface area (Å²) in [6.45, 7) is 0.513. The Morgan fingerprint density at radius 3 is 2.44 bits per heavy atom. The zero-order valence-electron chi connectivity index (χ0n) is 10.5. The van der Waals surface area contributed by atoms with E-state index in [2.05, 4.69) is 5.10 Å². The molecule has 0 fully saturated rings. The van der Waals surface area contributed by atoms with Gasteiger partial charge in [0.2, 0.25) is 5.88 Å². The van der Waals surface area contributed by atoms with Gasteiger partial charge in [0.15, 0.2) is 0 Å². The van der Waals surface area contributed by atoms with E-state index in [0.717, 1.165) is 11.3 Å². The number of hydrogen-bond donors (Lipinski definition) is 1. The highest BCUT2D eigenvalue weighted by Crippen LogP contribution is 2.20. The van der Waals surface area contributed by atoms with Crippen LogP contribution in [0, 0.1) is 0 Å². The fraction of sp³-hybridized carbons (Fsp3) is 0.308. The molecule has 0 spiro atoms. The second-order valence-corrected chi connectivity index (χ2v) is 3.84. The highest BCUT2D eigenvalue weighted by Gasteiger charge is 2.10. The lowest BCUT2D eigenvalue weighted by Crippen LogP contribution is -2.04. The van der Waals surface area contributed by atoms with Crippen molar-refractivity contribution in [2.75, 3.05) is 14.2 Å². The van der Waals surface area contributed by atoms with E-state index in [0.29, 0.717) is 18.0 Å². The minimum atomic E-state index is -0.0776. The summed E-state index contributed by atoms with van der Waals surface area (Å²) in [5.41, 5.74) is 1.77. The van der Waals surface area contributed by atoms with Crippen LogP contribution in [-0.4, -0.2) is 29.1 Å². The van der Waals surface area contributed by atoms with E-state index in [1.165, 1.54) is 0 Å². The van der Waals surface area contributed by atoms with Gasteiger partial charge < -0.3 is 14.6 Å². The van der Waals surface area contributed by atoms with Crippen LogP contribution in [0.5, 0.6) is 11.6 Å². The van der Waals surface area contributed by atoms with Crippen LogP contribution >= 0.6 is 0 Å². The van der Waals surface area contributed by atoms with Gasteiger partial charge >= 0.3 is 0 Å². The van der Waals surface area contributed by atoms with E-state index in [-0.39, 0.29) is 6.61 Å². The molecule has 1 aromatic heterocycles. The Bertz CT molecular complexity index is 505. The molecule has 1 heterocycles. The van der Waals surface area contributed by atoms with E-state index in [4.69, 9.17) is 14.6 Å². The van der Waals surface area contributed by atoms with Gasteiger partial charge in [-0.25, -0.2) is 4.68 Å². The number of aromatic nitrogens is 2. The van der Waals surface area contributed by atoms with Crippen molar-refractivity contribution in [1.29, 1.82) is 0 Å². The summed E-state index contributed by atoms with van der Waals surface area (Å²) in [5, 5.41) is 13.3. The third-order valence-corrected chi connectivity index (χ3v) is 2.72. The average molecular weight is 248 g/mol. The maximum atomic E-state index is 9.15. The lowest BCUT2D eigenvalue weighted by Gasteiger charge is -2.08. The molecule has 0 unspecified atom stereocenters. The number of rotatable bonds is 5. The molecule has 0 saturated carbocycles. The SMILES string of the molecule is COc1ccc(Cn2ncc(CO)c2OC)cc1. The molecule has 1 aromatic carbocycles. The predicted molar refractivity (Wildman–Crippen MR) is 66.8 cm³/mol. The molecule has 0 atom stereocenters. The molecular weight excluding hydrogens is 232 g/mol. The summed E-state index contributed by atoms with van der Waals surface area (Å²) in [5.74, 6) is 1.41. The van der Waals surface area contributed by atoms with Gasteiger partial charge in [0, 0.05) is 0 Å². The standard InChI is InChI=1S/C13H16N2O3/c1-17-12-5-3-10(4-6-12)8-15-13(18-2)11(9-16)7-14-15/h3-7,16H,8-9H2,1-2H3. The summed E-state index contributed by atoms with van der Waals surface area (Å²) < 4.78 is 12.1. The maximum Gasteiger partial charge on any atom is 0.217 e. The molecule has 0 radical (unpaired) electrons. The second-order valence-electron chi connectivity index (χ2n) is 3.84. The van der Waals surface area contributed by atoms with Crippen LogP contribution in [0.25, 0.3) is 0 Å². The van der Waals surface area contributed by atoms with Crippen LogP contribution in [0.3, 0.4) is 0 Å². The molecule has 0 aliphatic carbocycles. The monoisotopic (exact) mass is 248 g/mol. The molecular formula is C13H16N2O3. The first-order chi connectivity index (χ1) is 8.78. The summed E-state index contributed by atoms with van der Waals surface area (Å²) >= 11 is 0. The Labute approximate surface area is 106 Å². The van der Waals surface area contributed by atoms with Gasteiger partial charge in [-0.05, 0) is 17.7 Å². The van der Waals surface area contributed by atoms with Crippen molar-refractivity contribution in [3.63, 3.8) is 0 Å². The fourth-order valence-corrected chi connectivity index (χ4v) is 1.77. The van der Waals surface area contributed by atoms with E-state index in [1.54, 1.807) is 25.1 Å². The number of benzene rings is 1. The summed E-state index contributed by atoms with van der Waals surface area (Å²) in [6, 6.07) is 7.74. The Morgan fingerprint density at radius 1 is 1.17 bits per heavy atom. The molecule has 2 rings (SSSR count). The molecule has 5 heteroatoms. The Kier molecular flexibility index (Phi) is 3.84.